The first kappa shape index (κ1) is 47.4. The highest BCUT2D eigenvalue weighted by Crippen LogP contribution is 2.30. The lowest BCUT2D eigenvalue weighted by atomic mass is 9.12. The standard InChI is InChI=1S/C24BF20.C14H23N/c26-5-1(6(27)14(35)21(42)13(5)34)25(2-7(28)15(36)22(43)16(37)8(2)29,3-9(30)17(38)23(44)18(39)10(3)31)4-11(32)19(40)24(45)20(41)12(4)33;1-3-5-12-15(13-6-4-2)14-10-8-7-9-11-14/h;7-11H,3-6,12-13H2,1-2H3/q-1;/p+1. The molecule has 1 nitrogen and oxygen atoms in total. The van der Waals surface area contributed by atoms with E-state index in [1.807, 2.05) is 0 Å². The van der Waals surface area contributed by atoms with E-state index in [2.05, 4.69) is 44.2 Å². The van der Waals surface area contributed by atoms with Crippen LogP contribution in [0.2, 0.25) is 0 Å². The van der Waals surface area contributed by atoms with Crippen LogP contribution in [-0.2, 0) is 0 Å². The van der Waals surface area contributed by atoms with Crippen molar-refractivity contribution in [3.05, 3.63) is 147 Å². The minimum absolute atomic E-state index is 1.28. The van der Waals surface area contributed by atoms with Crippen LogP contribution in [0.4, 0.5) is 93.5 Å². The number of quaternary nitrogens is 1. The van der Waals surface area contributed by atoms with Crippen molar-refractivity contribution < 1.29 is 92.7 Å². The molecule has 0 atom stereocenters. The highest BCUT2D eigenvalue weighted by Gasteiger charge is 2.52. The summed E-state index contributed by atoms with van der Waals surface area (Å²) in [5.74, 6) is -71.4. The molecule has 0 spiro atoms. The summed E-state index contributed by atoms with van der Waals surface area (Å²) < 4.78 is 294. The zero-order valence-electron chi connectivity index (χ0n) is 30.3. The zero-order chi connectivity index (χ0) is 45.3. The normalized spacial score (nSPS) is 11.7. The molecule has 0 saturated carbocycles. The van der Waals surface area contributed by atoms with Gasteiger partial charge in [0.2, 0.25) is 0 Å². The van der Waals surface area contributed by atoms with Crippen LogP contribution in [0.3, 0.4) is 0 Å². The smallest absolute Gasteiger partial charge is 0.200 e. The first-order valence-corrected chi connectivity index (χ1v) is 17.2. The highest BCUT2D eigenvalue weighted by molar-refractivity contribution is 7.20. The van der Waals surface area contributed by atoms with E-state index in [1.54, 1.807) is 4.90 Å². The summed E-state index contributed by atoms with van der Waals surface area (Å²) in [6.45, 7) is 7.09. The van der Waals surface area contributed by atoms with Gasteiger partial charge in [0.15, 0.2) is 69.8 Å². The second-order valence-corrected chi connectivity index (χ2v) is 13.0. The van der Waals surface area contributed by atoms with Gasteiger partial charge in [0.1, 0.15) is 58.4 Å². The molecule has 0 fully saturated rings. The van der Waals surface area contributed by atoms with E-state index >= 15 is 35.1 Å². The monoisotopic (exact) mass is 885 g/mol. The van der Waals surface area contributed by atoms with Crippen LogP contribution in [0, 0.1) is 116 Å². The summed E-state index contributed by atoms with van der Waals surface area (Å²) in [7, 11) is 0. The molecule has 5 aromatic carbocycles. The van der Waals surface area contributed by atoms with Crippen LogP contribution in [0.15, 0.2) is 30.3 Å². The van der Waals surface area contributed by atoms with Crippen LogP contribution in [0.1, 0.15) is 39.5 Å². The molecule has 0 aliphatic heterocycles. The maximum absolute atomic E-state index is 15.4. The van der Waals surface area contributed by atoms with Crippen LogP contribution in [0.5, 0.6) is 0 Å². The van der Waals surface area contributed by atoms with Gasteiger partial charge in [0, 0.05) is 0 Å². The fraction of sp³-hybridized carbons (Fsp3) is 0.211. The Morgan fingerprint density at radius 2 is 0.517 bits per heavy atom. The van der Waals surface area contributed by atoms with Crippen LogP contribution >= 0.6 is 0 Å². The zero-order valence-corrected chi connectivity index (χ0v) is 30.3. The maximum atomic E-state index is 15.4. The predicted molar refractivity (Wildman–Crippen MR) is 176 cm³/mol. The average molecular weight is 885 g/mol. The minimum atomic E-state index is -7.22. The molecule has 324 valence electrons. The summed E-state index contributed by atoms with van der Waals surface area (Å²) in [4.78, 5) is 1.65. The summed E-state index contributed by atoms with van der Waals surface area (Å²) >= 11 is 0. The van der Waals surface area contributed by atoms with Gasteiger partial charge in [-0.15, -0.1) is 21.9 Å². The molecule has 0 bridgehead atoms. The largest absolute Gasteiger partial charge is 0.302 e. The summed E-state index contributed by atoms with van der Waals surface area (Å²) in [6, 6.07) is 10.9. The first-order valence-electron chi connectivity index (χ1n) is 17.2. The predicted octanol–water partition coefficient (Wildman–Crippen LogP) is 8.65. The molecule has 5 aromatic rings. The van der Waals surface area contributed by atoms with E-state index in [0.717, 1.165) is 0 Å². The summed E-state index contributed by atoms with van der Waals surface area (Å²) in [5.41, 5.74) is -12.9. The quantitative estimate of drug-likeness (QED) is 0.0587. The topological polar surface area (TPSA) is 4.44 Å². The second kappa shape index (κ2) is 18.6. The Kier molecular flexibility index (Phi) is 14.7. The number of benzene rings is 5. The molecule has 0 heterocycles. The van der Waals surface area contributed by atoms with E-state index in [1.165, 1.54) is 44.5 Å². The minimum Gasteiger partial charge on any atom is -0.302 e. The molecule has 0 unspecified atom stereocenters. The lowest BCUT2D eigenvalue weighted by molar-refractivity contribution is -0.833. The van der Waals surface area contributed by atoms with Gasteiger partial charge in [-0.2, -0.15) is 0 Å². The third-order valence-corrected chi connectivity index (χ3v) is 9.55. The van der Waals surface area contributed by atoms with Gasteiger partial charge in [0.05, 0.1) is 13.1 Å². The first-order chi connectivity index (χ1) is 28.1. The van der Waals surface area contributed by atoms with Crippen LogP contribution in [0.25, 0.3) is 0 Å². The van der Waals surface area contributed by atoms with Crippen molar-refractivity contribution in [1.29, 1.82) is 0 Å². The molecule has 0 radical (unpaired) electrons. The fourth-order valence-corrected chi connectivity index (χ4v) is 6.74. The van der Waals surface area contributed by atoms with Gasteiger partial charge in [-0.1, -0.05) is 44.9 Å². The third kappa shape index (κ3) is 7.77. The van der Waals surface area contributed by atoms with Crippen molar-refractivity contribution >= 4 is 33.7 Å². The molecule has 0 amide bonds. The number of hydrogen-bond donors (Lipinski definition) is 1. The molecule has 0 aromatic heterocycles. The maximum Gasteiger partial charge on any atom is 0.200 e. The Hall–Kier alpha value is -5.28. The molecule has 0 aliphatic rings. The molecule has 1 N–H and O–H groups in total. The number of para-hydroxylation sites is 1. The Labute approximate surface area is 325 Å². The van der Waals surface area contributed by atoms with Gasteiger partial charge in [0.25, 0.3) is 0 Å². The van der Waals surface area contributed by atoms with Crippen molar-refractivity contribution in [1.82, 2.24) is 0 Å². The Bertz CT molecular complexity index is 2030. The van der Waals surface area contributed by atoms with Crippen molar-refractivity contribution in [2.75, 3.05) is 13.1 Å². The van der Waals surface area contributed by atoms with E-state index in [0.29, 0.717) is 0 Å². The Morgan fingerprint density at radius 3 is 0.717 bits per heavy atom. The van der Waals surface area contributed by atoms with Gasteiger partial charge in [-0.3, -0.25) is 0 Å². The Morgan fingerprint density at radius 1 is 0.317 bits per heavy atom. The molecular weight excluding hydrogens is 861 g/mol. The third-order valence-electron chi connectivity index (χ3n) is 9.55. The molecule has 0 saturated heterocycles. The van der Waals surface area contributed by atoms with E-state index in [4.69, 9.17) is 0 Å². The van der Waals surface area contributed by atoms with E-state index in [9.17, 15) is 52.7 Å². The molecule has 22 heteroatoms. The van der Waals surface area contributed by atoms with Crippen molar-refractivity contribution in [2.24, 2.45) is 0 Å². The molecule has 5 rings (SSSR count). The van der Waals surface area contributed by atoms with E-state index < -0.39 is 144 Å². The van der Waals surface area contributed by atoms with E-state index in [-0.39, 0.29) is 0 Å². The SMILES string of the molecule is CCCC[NH+](CCCC)c1ccccc1.Fc1c(F)c(F)c([B-](c2c(F)c(F)c(F)c(F)c2F)(c2c(F)c(F)c(F)c(F)c2F)c2c(F)c(F)c(F)c(F)c2F)c(F)c1F. The molecule has 0 aliphatic carbocycles. The molecule has 60 heavy (non-hydrogen) atoms. The number of halogens is 20. The van der Waals surface area contributed by atoms with Crippen molar-refractivity contribution in [2.45, 2.75) is 39.5 Å². The van der Waals surface area contributed by atoms with Crippen molar-refractivity contribution in [3.63, 3.8) is 0 Å². The van der Waals surface area contributed by atoms with Gasteiger partial charge in [-0.05, 0) is 25.0 Å². The van der Waals surface area contributed by atoms with Crippen LogP contribution < -0.4 is 26.8 Å². The highest BCUT2D eigenvalue weighted by atomic mass is 19.2. The number of nitrogens with one attached hydrogen (secondary N) is 1. The number of rotatable bonds is 11. The number of unbranched alkanes of at least 4 members (excludes halogenated alkanes) is 2. The van der Waals surface area contributed by atoms with Gasteiger partial charge >= 0.3 is 0 Å². The molecular formula is C38H24BF20N. The fourth-order valence-electron chi connectivity index (χ4n) is 6.74. The van der Waals surface area contributed by atoms with Crippen LogP contribution in [-0.4, -0.2) is 19.2 Å². The summed E-state index contributed by atoms with van der Waals surface area (Å²) in [5, 5.41) is 0. The lowest BCUT2D eigenvalue weighted by Gasteiger charge is -2.44. The average Bonchev–Trinajstić information content (AvgIpc) is 3.24. The Balaban J connectivity index is 0.000000445. The van der Waals surface area contributed by atoms with Gasteiger partial charge < -0.3 is 4.90 Å². The van der Waals surface area contributed by atoms with Gasteiger partial charge in [-0.25, -0.2) is 87.8 Å². The van der Waals surface area contributed by atoms with Crippen molar-refractivity contribution in [3.8, 4) is 0 Å². The lowest BCUT2D eigenvalue weighted by Crippen LogP contribution is -3.07. The number of hydrogen-bond acceptors (Lipinski definition) is 0. The summed E-state index contributed by atoms with van der Waals surface area (Å²) in [6.07, 6.45) is -1.97. The second-order valence-electron chi connectivity index (χ2n) is 13.0.